The van der Waals surface area contributed by atoms with Crippen LogP contribution in [0, 0.1) is 11.3 Å². The summed E-state index contributed by atoms with van der Waals surface area (Å²) in [5, 5.41) is 11.2. The molecule has 5 N–H and O–H groups in total. The van der Waals surface area contributed by atoms with Crippen LogP contribution in [0.1, 0.15) is 46.5 Å². The van der Waals surface area contributed by atoms with Gasteiger partial charge in [-0.05, 0) is 24.7 Å². The van der Waals surface area contributed by atoms with Gasteiger partial charge in [0.15, 0.2) is 0 Å². The summed E-state index contributed by atoms with van der Waals surface area (Å²) < 4.78 is 0. The monoisotopic (exact) mass is 338 g/mol. The van der Waals surface area contributed by atoms with E-state index in [4.69, 9.17) is 11.6 Å². The number of amides is 1. The summed E-state index contributed by atoms with van der Waals surface area (Å²) in [4.78, 5) is 25.9. The van der Waals surface area contributed by atoms with Gasteiger partial charge in [0.05, 0.1) is 12.1 Å². The Bertz CT molecular complexity index is 516. The summed E-state index contributed by atoms with van der Waals surface area (Å²) in [6.45, 7) is 6.10. The molecule has 136 valence electrons. The molecule has 0 aromatic heterocycles. The van der Waals surface area contributed by atoms with Gasteiger partial charge in [-0.3, -0.25) is 4.79 Å². The van der Waals surface area contributed by atoms with Crippen LogP contribution in [0.3, 0.4) is 0 Å². The average molecular weight is 338 g/mol. The number of hydrogen-bond donors (Lipinski definition) is 3. The Labute approximate surface area is 143 Å². The number of likely N-dealkylation sites (tertiary alicyclic amines) is 1. The van der Waals surface area contributed by atoms with Crippen LogP contribution in [-0.4, -0.2) is 51.9 Å². The molecule has 1 unspecified atom stereocenters. The molecule has 7 heteroatoms. The van der Waals surface area contributed by atoms with E-state index in [1.807, 2.05) is 20.8 Å². The molecule has 1 saturated carbocycles. The van der Waals surface area contributed by atoms with Crippen molar-refractivity contribution in [3.8, 4) is 0 Å². The molecule has 7 nitrogen and oxygen atoms in total. The van der Waals surface area contributed by atoms with Crippen molar-refractivity contribution in [1.82, 2.24) is 9.91 Å². The highest BCUT2D eigenvalue weighted by Gasteiger charge is 2.44. The molecule has 1 aliphatic heterocycles. The van der Waals surface area contributed by atoms with Gasteiger partial charge in [0.1, 0.15) is 12.3 Å². The first-order valence-electron chi connectivity index (χ1n) is 8.65. The van der Waals surface area contributed by atoms with E-state index < -0.39 is 23.6 Å². The highest BCUT2D eigenvalue weighted by Crippen LogP contribution is 2.35. The second-order valence-electron chi connectivity index (χ2n) is 7.68. The molecule has 0 bridgehead atoms. The van der Waals surface area contributed by atoms with E-state index in [1.165, 1.54) is 9.91 Å². The van der Waals surface area contributed by atoms with E-state index in [2.05, 4.69) is 0 Å². The van der Waals surface area contributed by atoms with Crippen molar-refractivity contribution in [2.45, 2.75) is 64.6 Å². The first kappa shape index (κ1) is 18.7. The predicted molar refractivity (Wildman–Crippen MR) is 91.1 cm³/mol. The van der Waals surface area contributed by atoms with Gasteiger partial charge in [0.2, 0.25) is 5.91 Å². The molecule has 1 heterocycles. The minimum absolute atomic E-state index is 0.161. The van der Waals surface area contributed by atoms with Crippen molar-refractivity contribution in [3.05, 3.63) is 11.9 Å². The van der Waals surface area contributed by atoms with Gasteiger partial charge in [-0.2, -0.15) is 0 Å². The van der Waals surface area contributed by atoms with Crippen molar-refractivity contribution in [2.75, 3.05) is 6.54 Å². The molecule has 1 amide bonds. The Morgan fingerprint density at radius 1 is 1.46 bits per heavy atom. The maximum absolute atomic E-state index is 13.1. The van der Waals surface area contributed by atoms with E-state index in [9.17, 15) is 14.7 Å². The third-order valence-electron chi connectivity index (χ3n) is 5.29. The van der Waals surface area contributed by atoms with Crippen LogP contribution in [0.5, 0.6) is 0 Å². The highest BCUT2D eigenvalue weighted by atomic mass is 16.3. The fraction of sp³-hybridized carbons (Fsp3) is 0.765. The van der Waals surface area contributed by atoms with E-state index in [1.54, 1.807) is 6.20 Å². The van der Waals surface area contributed by atoms with Gasteiger partial charge in [-0.15, -0.1) is 0 Å². The number of allylic oxidation sites excluding steroid dienone is 1. The quantitative estimate of drug-likeness (QED) is 0.350. The molecule has 24 heavy (non-hydrogen) atoms. The number of carbonyl (C=O) groups excluding carboxylic acids is 2. The zero-order chi connectivity index (χ0) is 18.1. The van der Waals surface area contributed by atoms with Crippen molar-refractivity contribution >= 4 is 12.2 Å². The van der Waals surface area contributed by atoms with Crippen LogP contribution in [0.25, 0.3) is 0 Å². The van der Waals surface area contributed by atoms with Crippen LogP contribution in [0.15, 0.2) is 11.9 Å². The standard InChI is InChI=1S/C17H30N4O3/c1-4-17(2,3)15(21(19)9-14(18)11-5-6-11)16(24)20-8-13(23)7-12(20)10-22/h9-13,15,23H,4-8,18-19H2,1-3H3/b14-9-/t12-,13+,15?/m0/s1. The maximum atomic E-state index is 13.1. The minimum atomic E-state index is -0.673. The van der Waals surface area contributed by atoms with Crippen molar-refractivity contribution in [3.63, 3.8) is 0 Å². The van der Waals surface area contributed by atoms with Gasteiger partial charge < -0.3 is 25.5 Å². The Morgan fingerprint density at radius 2 is 2.08 bits per heavy atom. The summed E-state index contributed by atoms with van der Waals surface area (Å²) in [6, 6.07) is -1.24. The molecule has 2 rings (SSSR count). The minimum Gasteiger partial charge on any atom is -0.401 e. The molecular formula is C17H30N4O3. The summed E-state index contributed by atoms with van der Waals surface area (Å²) >= 11 is 0. The SMILES string of the molecule is CCC(C)(C)C(C(=O)N1C[C@H](O)C[C@H]1C=O)N(N)/C=C(\N)C1CC1. The lowest BCUT2D eigenvalue weighted by Crippen LogP contribution is -2.57. The van der Waals surface area contributed by atoms with E-state index in [0.717, 1.165) is 25.5 Å². The number of nitrogens with two attached hydrogens (primary N) is 2. The number of hydrogen-bond acceptors (Lipinski definition) is 6. The molecule has 2 fully saturated rings. The third-order valence-corrected chi connectivity index (χ3v) is 5.29. The molecule has 0 radical (unpaired) electrons. The van der Waals surface area contributed by atoms with Crippen molar-refractivity contribution < 1.29 is 14.7 Å². The predicted octanol–water partition coefficient (Wildman–Crippen LogP) is 0.338. The van der Waals surface area contributed by atoms with Gasteiger partial charge in [0.25, 0.3) is 0 Å². The summed E-state index contributed by atoms with van der Waals surface area (Å²) in [7, 11) is 0. The Hall–Kier alpha value is -1.60. The van der Waals surface area contributed by atoms with E-state index in [0.29, 0.717) is 11.6 Å². The number of aldehydes is 1. The van der Waals surface area contributed by atoms with Crippen LogP contribution >= 0.6 is 0 Å². The number of aliphatic hydroxyl groups is 1. The smallest absolute Gasteiger partial charge is 0.248 e. The Kier molecular flexibility index (Phi) is 5.55. The van der Waals surface area contributed by atoms with Gasteiger partial charge >= 0.3 is 0 Å². The van der Waals surface area contributed by atoms with Crippen LogP contribution in [0.2, 0.25) is 0 Å². The largest absolute Gasteiger partial charge is 0.401 e. The fourth-order valence-electron chi connectivity index (χ4n) is 3.21. The van der Waals surface area contributed by atoms with Gasteiger partial charge in [-0.25, -0.2) is 5.84 Å². The zero-order valence-corrected chi connectivity index (χ0v) is 14.8. The summed E-state index contributed by atoms with van der Waals surface area (Å²) in [5.41, 5.74) is 6.33. The number of β-amino-alcohol motifs (C(OH)–C–C–N with tert-alkyl or cyclic N) is 1. The number of nitrogens with zero attached hydrogens (tertiary/aromatic N) is 2. The van der Waals surface area contributed by atoms with Crippen molar-refractivity contribution in [2.24, 2.45) is 22.9 Å². The first-order chi connectivity index (χ1) is 11.2. The highest BCUT2D eigenvalue weighted by molar-refractivity contribution is 5.86. The molecular weight excluding hydrogens is 308 g/mol. The lowest BCUT2D eigenvalue weighted by atomic mass is 9.80. The topological polar surface area (TPSA) is 113 Å². The first-order valence-corrected chi connectivity index (χ1v) is 8.65. The second-order valence-corrected chi connectivity index (χ2v) is 7.68. The van der Waals surface area contributed by atoms with E-state index >= 15 is 0 Å². The number of hydrazine groups is 1. The summed E-state index contributed by atoms with van der Waals surface area (Å²) in [5.74, 6) is 6.33. The van der Waals surface area contributed by atoms with Crippen LogP contribution < -0.4 is 11.6 Å². The summed E-state index contributed by atoms with van der Waals surface area (Å²) in [6.07, 6.45) is 4.82. The zero-order valence-electron chi connectivity index (χ0n) is 14.8. The fourth-order valence-corrected chi connectivity index (χ4v) is 3.21. The lowest BCUT2D eigenvalue weighted by Gasteiger charge is -2.40. The molecule has 1 saturated heterocycles. The van der Waals surface area contributed by atoms with Crippen LogP contribution in [-0.2, 0) is 9.59 Å². The van der Waals surface area contributed by atoms with Crippen LogP contribution in [0.4, 0.5) is 0 Å². The number of aliphatic hydroxyl groups excluding tert-OH is 1. The second kappa shape index (κ2) is 7.11. The average Bonchev–Trinajstić information content (AvgIpc) is 3.29. The molecule has 0 aromatic rings. The molecule has 0 spiro atoms. The number of rotatable bonds is 7. The molecule has 1 aliphatic carbocycles. The lowest BCUT2D eigenvalue weighted by molar-refractivity contribution is -0.143. The normalized spacial score (nSPS) is 26.4. The molecule has 0 aromatic carbocycles. The Morgan fingerprint density at radius 3 is 2.58 bits per heavy atom. The van der Waals surface area contributed by atoms with Crippen molar-refractivity contribution in [1.29, 1.82) is 0 Å². The Balaban J connectivity index is 2.26. The molecule has 2 aliphatic rings. The maximum Gasteiger partial charge on any atom is 0.248 e. The van der Waals surface area contributed by atoms with Gasteiger partial charge in [0, 0.05) is 30.8 Å². The van der Waals surface area contributed by atoms with E-state index in [-0.39, 0.29) is 18.9 Å². The van der Waals surface area contributed by atoms with Gasteiger partial charge in [-0.1, -0.05) is 20.8 Å². The number of carbonyl (C=O) groups is 2. The third kappa shape index (κ3) is 3.89. The molecule has 3 atom stereocenters.